The molecule has 0 saturated heterocycles. The fraction of sp³-hybridized carbons (Fsp3) is 0.261. The standard InChI is InChI=1S/C23H24N2O4/c1-13(2)12-29-19-9-8-14(10-20(19)28-3)21-22-16(11-18(25-21)23(26)27)15-6-4-5-7-17(15)24-22/h4-10,18,21,24-25H,1,11-12H2,2-3H3,(H,26,27)/t18-,21-/m1/s1. The number of benzene rings is 2. The summed E-state index contributed by atoms with van der Waals surface area (Å²) in [5, 5.41) is 14.6. The van der Waals surface area contributed by atoms with Crippen LogP contribution in [0.15, 0.2) is 54.6 Å². The SMILES string of the molecule is C=C(C)COc1ccc([C@H]2[NH2+][C@@H](C(=O)[O-])Cc3c2[nH]c2ccccc32)cc1OC. The first-order valence-electron chi connectivity index (χ1n) is 9.58. The number of hydrogen-bond acceptors (Lipinski definition) is 4. The number of nitrogens with two attached hydrogens (primary N) is 1. The van der Waals surface area contributed by atoms with Crippen molar-refractivity contribution in [3.63, 3.8) is 0 Å². The summed E-state index contributed by atoms with van der Waals surface area (Å²) >= 11 is 0. The number of ether oxygens (including phenoxy) is 2. The average molecular weight is 392 g/mol. The van der Waals surface area contributed by atoms with E-state index < -0.39 is 12.0 Å². The van der Waals surface area contributed by atoms with Gasteiger partial charge in [0.2, 0.25) is 0 Å². The van der Waals surface area contributed by atoms with Crippen LogP contribution in [0, 0.1) is 0 Å². The van der Waals surface area contributed by atoms with Gasteiger partial charge in [-0.15, -0.1) is 0 Å². The summed E-state index contributed by atoms with van der Waals surface area (Å²) in [5.41, 5.74) is 4.90. The summed E-state index contributed by atoms with van der Waals surface area (Å²) in [6, 6.07) is 12.8. The third-order valence-corrected chi connectivity index (χ3v) is 5.33. The van der Waals surface area contributed by atoms with E-state index in [9.17, 15) is 9.90 Å². The molecule has 2 heterocycles. The van der Waals surface area contributed by atoms with E-state index >= 15 is 0 Å². The van der Waals surface area contributed by atoms with E-state index in [4.69, 9.17) is 9.47 Å². The number of aromatic amines is 1. The molecule has 4 rings (SSSR count). The Labute approximate surface area is 169 Å². The van der Waals surface area contributed by atoms with Crippen molar-refractivity contribution in [2.75, 3.05) is 13.7 Å². The highest BCUT2D eigenvalue weighted by atomic mass is 16.5. The highest BCUT2D eigenvalue weighted by Crippen LogP contribution is 2.35. The van der Waals surface area contributed by atoms with Crippen molar-refractivity contribution >= 4 is 16.9 Å². The molecule has 29 heavy (non-hydrogen) atoms. The number of carboxylic acid groups (broad SMARTS) is 1. The molecule has 1 aliphatic rings. The lowest BCUT2D eigenvalue weighted by Gasteiger charge is -2.29. The van der Waals surface area contributed by atoms with Gasteiger partial charge in [0, 0.05) is 22.9 Å². The van der Waals surface area contributed by atoms with E-state index in [2.05, 4.69) is 11.6 Å². The Hall–Kier alpha value is -3.25. The number of para-hydroxylation sites is 1. The van der Waals surface area contributed by atoms with Crippen LogP contribution in [0.2, 0.25) is 0 Å². The molecule has 0 aliphatic carbocycles. The minimum Gasteiger partial charge on any atom is -0.544 e. The van der Waals surface area contributed by atoms with Gasteiger partial charge in [-0.1, -0.05) is 24.8 Å². The van der Waals surface area contributed by atoms with Gasteiger partial charge in [-0.3, -0.25) is 0 Å². The molecule has 0 bridgehead atoms. The summed E-state index contributed by atoms with van der Waals surface area (Å²) in [7, 11) is 1.59. The minimum atomic E-state index is -1.06. The van der Waals surface area contributed by atoms with Gasteiger partial charge in [0.15, 0.2) is 17.5 Å². The second kappa shape index (κ2) is 7.64. The van der Waals surface area contributed by atoms with Crippen LogP contribution >= 0.6 is 0 Å². The smallest absolute Gasteiger partial charge is 0.161 e. The van der Waals surface area contributed by atoms with Gasteiger partial charge in [0.25, 0.3) is 0 Å². The zero-order valence-corrected chi connectivity index (χ0v) is 16.5. The maximum absolute atomic E-state index is 11.7. The monoisotopic (exact) mass is 392 g/mol. The minimum absolute atomic E-state index is 0.210. The molecule has 0 saturated carbocycles. The summed E-state index contributed by atoms with van der Waals surface area (Å²) in [5.74, 6) is 0.174. The van der Waals surface area contributed by atoms with Crippen LogP contribution in [0.25, 0.3) is 10.9 Å². The van der Waals surface area contributed by atoms with Crippen molar-refractivity contribution in [3.8, 4) is 11.5 Å². The quantitative estimate of drug-likeness (QED) is 0.622. The Bertz CT molecular complexity index is 1090. The second-order valence-electron chi connectivity index (χ2n) is 7.52. The molecule has 0 spiro atoms. The first-order valence-corrected chi connectivity index (χ1v) is 9.58. The molecule has 1 aliphatic heterocycles. The number of hydrogen-bond donors (Lipinski definition) is 2. The number of methoxy groups -OCH3 is 1. The summed E-state index contributed by atoms with van der Waals surface area (Å²) in [6.45, 7) is 6.16. The Morgan fingerprint density at radius 3 is 2.79 bits per heavy atom. The zero-order chi connectivity index (χ0) is 20.5. The molecule has 2 aromatic carbocycles. The number of rotatable bonds is 6. The number of aliphatic carboxylic acids is 1. The number of quaternary nitrogens is 1. The van der Waals surface area contributed by atoms with Crippen molar-refractivity contribution in [2.24, 2.45) is 0 Å². The number of carbonyl (C=O) groups excluding carboxylic acids is 1. The van der Waals surface area contributed by atoms with Crippen LogP contribution in [0.4, 0.5) is 0 Å². The zero-order valence-electron chi connectivity index (χ0n) is 16.5. The average Bonchev–Trinajstić information content (AvgIpc) is 3.10. The van der Waals surface area contributed by atoms with Crippen LogP contribution in [0.1, 0.15) is 29.8 Å². The molecule has 6 nitrogen and oxygen atoms in total. The lowest BCUT2D eigenvalue weighted by atomic mass is 9.90. The molecule has 3 N–H and O–H groups in total. The predicted molar refractivity (Wildman–Crippen MR) is 108 cm³/mol. The third kappa shape index (κ3) is 3.59. The van der Waals surface area contributed by atoms with Crippen LogP contribution in [-0.4, -0.2) is 30.7 Å². The van der Waals surface area contributed by atoms with Crippen molar-refractivity contribution in [2.45, 2.75) is 25.4 Å². The maximum atomic E-state index is 11.7. The van der Waals surface area contributed by atoms with Crippen molar-refractivity contribution in [1.82, 2.24) is 4.98 Å². The van der Waals surface area contributed by atoms with Gasteiger partial charge >= 0.3 is 0 Å². The number of carbonyl (C=O) groups is 1. The Balaban J connectivity index is 1.77. The van der Waals surface area contributed by atoms with E-state index in [1.165, 1.54) is 0 Å². The molecule has 150 valence electrons. The van der Waals surface area contributed by atoms with E-state index in [-0.39, 0.29) is 6.04 Å². The van der Waals surface area contributed by atoms with Gasteiger partial charge in [-0.25, -0.2) is 0 Å². The molecule has 0 amide bonds. The Morgan fingerprint density at radius 2 is 2.07 bits per heavy atom. The topological polar surface area (TPSA) is 91.0 Å². The first kappa shape index (κ1) is 19.1. The van der Waals surface area contributed by atoms with Crippen LogP contribution < -0.4 is 19.9 Å². The molecular weight excluding hydrogens is 368 g/mol. The lowest BCUT2D eigenvalue weighted by Crippen LogP contribution is -2.95. The predicted octanol–water partition coefficient (Wildman–Crippen LogP) is 1.46. The molecule has 0 fully saturated rings. The van der Waals surface area contributed by atoms with E-state index in [0.717, 1.165) is 33.3 Å². The highest BCUT2D eigenvalue weighted by molar-refractivity contribution is 5.86. The number of nitrogens with one attached hydrogen (secondary N) is 1. The molecule has 0 unspecified atom stereocenters. The van der Waals surface area contributed by atoms with E-state index in [1.54, 1.807) is 7.11 Å². The number of H-pyrrole nitrogens is 1. The van der Waals surface area contributed by atoms with Gasteiger partial charge < -0.3 is 29.7 Å². The first-order chi connectivity index (χ1) is 14.0. The normalized spacial score (nSPS) is 18.3. The second-order valence-corrected chi connectivity index (χ2v) is 7.52. The number of fused-ring (bicyclic) bond motifs is 3. The summed E-state index contributed by atoms with van der Waals surface area (Å²) in [6.07, 6.45) is 0.426. The van der Waals surface area contributed by atoms with Crippen molar-refractivity contribution < 1.29 is 24.7 Å². The molecule has 6 heteroatoms. The molecule has 1 aromatic heterocycles. The summed E-state index contributed by atoms with van der Waals surface area (Å²) < 4.78 is 11.3. The highest BCUT2D eigenvalue weighted by Gasteiger charge is 2.35. The van der Waals surface area contributed by atoms with Crippen LogP contribution in [0.5, 0.6) is 11.5 Å². The number of aromatic nitrogens is 1. The molecule has 0 radical (unpaired) electrons. The van der Waals surface area contributed by atoms with E-state index in [1.807, 2.05) is 54.7 Å². The van der Waals surface area contributed by atoms with Crippen LogP contribution in [0.3, 0.4) is 0 Å². The third-order valence-electron chi connectivity index (χ3n) is 5.33. The molecular formula is C23H24N2O4. The van der Waals surface area contributed by atoms with Crippen LogP contribution in [-0.2, 0) is 11.2 Å². The molecule has 2 atom stereocenters. The van der Waals surface area contributed by atoms with Gasteiger partial charge in [-0.05, 0) is 42.3 Å². The number of carboxylic acids is 1. The van der Waals surface area contributed by atoms with Crippen molar-refractivity contribution in [1.29, 1.82) is 0 Å². The van der Waals surface area contributed by atoms with Crippen molar-refractivity contribution in [3.05, 3.63) is 71.4 Å². The maximum Gasteiger partial charge on any atom is 0.161 e. The molecule has 3 aromatic rings. The Kier molecular flexibility index (Phi) is 5.03. The van der Waals surface area contributed by atoms with Gasteiger partial charge in [0.05, 0.1) is 18.8 Å². The summed E-state index contributed by atoms with van der Waals surface area (Å²) in [4.78, 5) is 15.2. The van der Waals surface area contributed by atoms with Gasteiger partial charge in [0.1, 0.15) is 12.6 Å². The largest absolute Gasteiger partial charge is 0.544 e. The van der Waals surface area contributed by atoms with Gasteiger partial charge in [-0.2, -0.15) is 0 Å². The lowest BCUT2D eigenvalue weighted by molar-refractivity contribution is -0.717. The fourth-order valence-corrected chi connectivity index (χ4v) is 3.96. The van der Waals surface area contributed by atoms with E-state index in [0.29, 0.717) is 24.5 Å². The fourth-order valence-electron chi connectivity index (χ4n) is 3.96. The Morgan fingerprint density at radius 1 is 1.28 bits per heavy atom.